The van der Waals surface area contributed by atoms with Gasteiger partial charge in [-0.15, -0.1) is 11.6 Å². The van der Waals surface area contributed by atoms with Gasteiger partial charge >= 0.3 is 0 Å². The molecule has 0 spiro atoms. The molecule has 0 N–H and O–H groups in total. The highest BCUT2D eigenvalue weighted by atomic mass is 79.9. The van der Waals surface area contributed by atoms with Gasteiger partial charge in [-0.2, -0.15) is 0 Å². The minimum absolute atomic E-state index is 0.594. The normalized spacial score (nSPS) is 9.15. The Morgan fingerprint density at radius 2 is 2.23 bits per heavy atom. The SMILES string of the molecule is Cc1ccc(Br)c(C#CCCCl)c1. The third-order valence-corrected chi connectivity index (χ3v) is 2.44. The summed E-state index contributed by atoms with van der Waals surface area (Å²) in [4.78, 5) is 0. The molecule has 0 aromatic heterocycles. The molecular weight excluding hydrogens is 247 g/mol. The van der Waals surface area contributed by atoms with Crippen molar-refractivity contribution in [2.75, 3.05) is 5.88 Å². The van der Waals surface area contributed by atoms with Crippen molar-refractivity contribution in [1.82, 2.24) is 0 Å². The van der Waals surface area contributed by atoms with Crippen LogP contribution in [0, 0.1) is 18.8 Å². The van der Waals surface area contributed by atoms with E-state index in [0.29, 0.717) is 5.88 Å². The maximum Gasteiger partial charge on any atom is 0.0390 e. The molecular formula is C11H10BrCl. The van der Waals surface area contributed by atoms with Gasteiger partial charge in [-0.1, -0.05) is 17.9 Å². The molecule has 2 heteroatoms. The molecule has 0 nitrogen and oxygen atoms in total. The van der Waals surface area contributed by atoms with Gasteiger partial charge in [-0.3, -0.25) is 0 Å². The zero-order valence-corrected chi connectivity index (χ0v) is 9.74. The summed E-state index contributed by atoms with van der Waals surface area (Å²) in [6.07, 6.45) is 0.738. The minimum atomic E-state index is 0.594. The van der Waals surface area contributed by atoms with Gasteiger partial charge < -0.3 is 0 Å². The van der Waals surface area contributed by atoms with Crippen molar-refractivity contribution in [3.05, 3.63) is 33.8 Å². The Labute approximate surface area is 92.4 Å². The number of rotatable bonds is 1. The van der Waals surface area contributed by atoms with Crippen molar-refractivity contribution in [2.24, 2.45) is 0 Å². The van der Waals surface area contributed by atoms with Crippen LogP contribution in [0.1, 0.15) is 17.5 Å². The van der Waals surface area contributed by atoms with Crippen molar-refractivity contribution in [1.29, 1.82) is 0 Å². The number of halogens is 2. The number of aryl methyl sites for hydroxylation is 1. The first-order valence-electron chi connectivity index (χ1n) is 4.05. The fourth-order valence-corrected chi connectivity index (χ4v) is 1.38. The lowest BCUT2D eigenvalue weighted by Crippen LogP contribution is -1.80. The lowest BCUT2D eigenvalue weighted by atomic mass is 10.1. The van der Waals surface area contributed by atoms with E-state index >= 15 is 0 Å². The minimum Gasteiger partial charge on any atom is -0.126 e. The summed E-state index contributed by atoms with van der Waals surface area (Å²) in [5.41, 5.74) is 2.25. The van der Waals surface area contributed by atoms with Crippen LogP contribution >= 0.6 is 27.5 Å². The van der Waals surface area contributed by atoms with E-state index < -0.39 is 0 Å². The van der Waals surface area contributed by atoms with Crippen LogP contribution in [0.2, 0.25) is 0 Å². The lowest BCUT2D eigenvalue weighted by Gasteiger charge is -1.97. The third-order valence-electron chi connectivity index (χ3n) is 1.56. The number of alkyl halides is 1. The summed E-state index contributed by atoms with van der Waals surface area (Å²) in [6, 6.07) is 6.13. The lowest BCUT2D eigenvalue weighted by molar-refractivity contribution is 1.29. The molecule has 1 rings (SSSR count). The summed E-state index contributed by atoms with van der Waals surface area (Å²) in [5, 5.41) is 0. The zero-order chi connectivity index (χ0) is 9.68. The molecule has 13 heavy (non-hydrogen) atoms. The molecule has 0 unspecified atom stereocenters. The monoisotopic (exact) mass is 256 g/mol. The molecule has 0 saturated carbocycles. The molecule has 0 fully saturated rings. The molecule has 0 aliphatic rings. The Morgan fingerprint density at radius 1 is 1.46 bits per heavy atom. The molecule has 0 saturated heterocycles. The van der Waals surface area contributed by atoms with E-state index in [1.54, 1.807) is 0 Å². The highest BCUT2D eigenvalue weighted by molar-refractivity contribution is 9.10. The van der Waals surface area contributed by atoms with E-state index in [2.05, 4.69) is 46.8 Å². The Balaban J connectivity index is 2.89. The fourth-order valence-electron chi connectivity index (χ4n) is 0.940. The van der Waals surface area contributed by atoms with Crippen molar-refractivity contribution in [2.45, 2.75) is 13.3 Å². The van der Waals surface area contributed by atoms with Gasteiger partial charge in [0, 0.05) is 22.3 Å². The first kappa shape index (κ1) is 10.6. The van der Waals surface area contributed by atoms with E-state index in [0.717, 1.165) is 16.5 Å². The highest BCUT2D eigenvalue weighted by Crippen LogP contribution is 2.16. The van der Waals surface area contributed by atoms with Gasteiger partial charge in [0.15, 0.2) is 0 Å². The summed E-state index contributed by atoms with van der Waals surface area (Å²) in [7, 11) is 0. The largest absolute Gasteiger partial charge is 0.126 e. The first-order valence-corrected chi connectivity index (χ1v) is 5.38. The standard InChI is InChI=1S/C11H10BrCl/c1-9-5-6-11(12)10(8-9)4-2-3-7-13/h5-6,8H,3,7H2,1H3. The molecule has 68 valence electrons. The third kappa shape index (κ3) is 3.42. The second-order valence-corrected chi connectivity index (χ2v) is 3.96. The van der Waals surface area contributed by atoms with E-state index in [1.165, 1.54) is 5.56 Å². The predicted octanol–water partition coefficient (Wildman–Crippen LogP) is 3.74. The summed E-state index contributed by atoms with van der Waals surface area (Å²) in [6.45, 7) is 2.05. The fraction of sp³-hybridized carbons (Fsp3) is 0.273. The van der Waals surface area contributed by atoms with Crippen molar-refractivity contribution in [3.8, 4) is 11.8 Å². The zero-order valence-electron chi connectivity index (χ0n) is 7.40. The number of benzene rings is 1. The van der Waals surface area contributed by atoms with Crippen molar-refractivity contribution >= 4 is 27.5 Å². The second-order valence-electron chi connectivity index (χ2n) is 2.72. The van der Waals surface area contributed by atoms with E-state index in [9.17, 15) is 0 Å². The van der Waals surface area contributed by atoms with Gasteiger partial charge in [0.2, 0.25) is 0 Å². The van der Waals surface area contributed by atoms with Gasteiger partial charge in [-0.05, 0) is 40.5 Å². The van der Waals surface area contributed by atoms with Crippen molar-refractivity contribution in [3.63, 3.8) is 0 Å². The first-order chi connectivity index (χ1) is 6.24. The molecule has 0 radical (unpaired) electrons. The number of hydrogen-bond donors (Lipinski definition) is 0. The van der Waals surface area contributed by atoms with E-state index in [4.69, 9.17) is 11.6 Å². The molecule has 1 aromatic rings. The Bertz CT molecular complexity index is 347. The Kier molecular flexibility index (Phi) is 4.35. The average Bonchev–Trinajstić information content (AvgIpc) is 2.11. The summed E-state index contributed by atoms with van der Waals surface area (Å²) < 4.78 is 1.04. The van der Waals surface area contributed by atoms with Crippen molar-refractivity contribution < 1.29 is 0 Å². The Morgan fingerprint density at radius 3 is 2.92 bits per heavy atom. The van der Waals surface area contributed by atoms with Crippen LogP contribution in [-0.2, 0) is 0 Å². The molecule has 0 atom stereocenters. The van der Waals surface area contributed by atoms with Crippen LogP contribution in [-0.4, -0.2) is 5.88 Å². The Hall–Kier alpha value is -0.450. The second kappa shape index (κ2) is 5.32. The highest BCUT2D eigenvalue weighted by Gasteiger charge is 1.94. The van der Waals surface area contributed by atoms with Gasteiger partial charge in [0.05, 0.1) is 0 Å². The molecule has 0 aliphatic heterocycles. The molecule has 0 heterocycles. The summed E-state index contributed by atoms with van der Waals surface area (Å²) in [5.74, 6) is 6.67. The quantitative estimate of drug-likeness (QED) is 0.531. The average molecular weight is 258 g/mol. The van der Waals surface area contributed by atoms with Crippen LogP contribution in [0.3, 0.4) is 0 Å². The van der Waals surface area contributed by atoms with E-state index in [1.807, 2.05) is 6.07 Å². The molecule has 1 aromatic carbocycles. The van der Waals surface area contributed by atoms with Crippen LogP contribution < -0.4 is 0 Å². The maximum absolute atomic E-state index is 5.52. The summed E-state index contributed by atoms with van der Waals surface area (Å²) >= 11 is 8.97. The van der Waals surface area contributed by atoms with Crippen LogP contribution in [0.15, 0.2) is 22.7 Å². The van der Waals surface area contributed by atoms with Gasteiger partial charge in [-0.25, -0.2) is 0 Å². The van der Waals surface area contributed by atoms with Gasteiger partial charge in [0.25, 0.3) is 0 Å². The topological polar surface area (TPSA) is 0 Å². The van der Waals surface area contributed by atoms with E-state index in [-0.39, 0.29) is 0 Å². The van der Waals surface area contributed by atoms with Crippen LogP contribution in [0.4, 0.5) is 0 Å². The maximum atomic E-state index is 5.52. The molecule has 0 bridgehead atoms. The number of hydrogen-bond acceptors (Lipinski definition) is 0. The van der Waals surface area contributed by atoms with Crippen LogP contribution in [0.5, 0.6) is 0 Å². The van der Waals surface area contributed by atoms with Gasteiger partial charge in [0.1, 0.15) is 0 Å². The van der Waals surface area contributed by atoms with Crippen LogP contribution in [0.25, 0.3) is 0 Å². The predicted molar refractivity (Wildman–Crippen MR) is 61.1 cm³/mol. The smallest absolute Gasteiger partial charge is 0.0390 e. The molecule has 0 aliphatic carbocycles. The molecule has 0 amide bonds.